The van der Waals surface area contributed by atoms with Crippen LogP contribution in [0.3, 0.4) is 0 Å². The van der Waals surface area contributed by atoms with Gasteiger partial charge in [-0.25, -0.2) is 4.79 Å². The zero-order chi connectivity index (χ0) is 29.1. The molecule has 2 aliphatic heterocycles. The molecule has 9 nitrogen and oxygen atoms in total. The number of hydrogen-bond acceptors (Lipinski definition) is 6. The maximum atomic E-state index is 14.4. The summed E-state index contributed by atoms with van der Waals surface area (Å²) in [5, 5.41) is 3.40. The highest BCUT2D eigenvalue weighted by Gasteiger charge is 2.45. The number of benzene rings is 3. The second-order valence-electron chi connectivity index (χ2n) is 10.1. The van der Waals surface area contributed by atoms with Gasteiger partial charge < -0.3 is 24.4 Å². The summed E-state index contributed by atoms with van der Waals surface area (Å²) in [7, 11) is 3.20. The lowest BCUT2D eigenvalue weighted by Crippen LogP contribution is -2.55. The number of halogens is 1. The summed E-state index contributed by atoms with van der Waals surface area (Å²) in [4.78, 5) is 35.2. The Bertz CT molecular complexity index is 1460. The van der Waals surface area contributed by atoms with Crippen LogP contribution in [-0.4, -0.2) is 67.5 Å². The maximum absolute atomic E-state index is 14.4. The van der Waals surface area contributed by atoms with Crippen molar-refractivity contribution >= 4 is 29.4 Å². The molecule has 0 unspecified atom stereocenters. The Morgan fingerprint density at radius 2 is 1.73 bits per heavy atom. The molecule has 1 saturated heterocycles. The molecule has 0 radical (unpaired) electrons. The molecule has 0 spiro atoms. The number of carbonyl (C=O) groups is 2. The second-order valence-corrected chi connectivity index (χ2v) is 10.6. The predicted octanol–water partition coefficient (Wildman–Crippen LogP) is 5.24. The van der Waals surface area contributed by atoms with Gasteiger partial charge in [0, 0.05) is 24.2 Å². The van der Waals surface area contributed by atoms with Gasteiger partial charge in [0.05, 0.1) is 31.9 Å². The fraction of sp³-hybridized carbons (Fsp3) is 0.323. The van der Waals surface area contributed by atoms with Crippen LogP contribution in [0.1, 0.15) is 42.6 Å². The number of ether oxygens (including phenoxy) is 3. The number of nitrogens with one attached hydrogen (secondary N) is 1. The molecule has 5 rings (SSSR count). The summed E-state index contributed by atoms with van der Waals surface area (Å²) >= 11 is 6.24. The lowest BCUT2D eigenvalue weighted by molar-refractivity contribution is -0.123. The Balaban J connectivity index is 1.72. The number of nitrogens with zero attached hydrogens (tertiary/aromatic N) is 3. The largest absolute Gasteiger partial charge is 0.497 e. The first-order valence-electron chi connectivity index (χ1n) is 13.5. The van der Waals surface area contributed by atoms with E-state index in [0.717, 1.165) is 11.1 Å². The summed E-state index contributed by atoms with van der Waals surface area (Å²) in [6, 6.07) is 19.2. The molecule has 2 atom stereocenters. The van der Waals surface area contributed by atoms with Gasteiger partial charge in [0.15, 0.2) is 0 Å². The molecule has 3 aromatic carbocycles. The third-order valence-corrected chi connectivity index (χ3v) is 7.27. The van der Waals surface area contributed by atoms with Crippen molar-refractivity contribution in [3.05, 3.63) is 88.4 Å². The molecule has 1 N–H and O–H groups in total. The normalized spacial score (nSPS) is 18.7. The number of amides is 3. The van der Waals surface area contributed by atoms with E-state index in [9.17, 15) is 9.59 Å². The van der Waals surface area contributed by atoms with Gasteiger partial charge in [-0.2, -0.15) is 0 Å². The highest BCUT2D eigenvalue weighted by Crippen LogP contribution is 2.46. The quantitative estimate of drug-likeness (QED) is 0.415. The molecule has 0 aromatic heterocycles. The van der Waals surface area contributed by atoms with Gasteiger partial charge in [-0.3, -0.25) is 14.7 Å². The summed E-state index contributed by atoms with van der Waals surface area (Å²) in [6.07, 6.45) is -0.140. The van der Waals surface area contributed by atoms with Crippen molar-refractivity contribution < 1.29 is 23.8 Å². The number of hydrogen-bond donors (Lipinski definition) is 1. The van der Waals surface area contributed by atoms with Gasteiger partial charge in [-0.15, -0.1) is 0 Å². The molecule has 3 aromatic rings. The SMILES string of the molecule is COc1cccc([C@@H]2[C@H](c3ccc(Cl)cc3)N=C(c3ccc(OC)cc3OC(C)C)N2C(=O)N2CCNC(=O)C2)c1. The van der Waals surface area contributed by atoms with Gasteiger partial charge in [0.25, 0.3) is 0 Å². The van der Waals surface area contributed by atoms with E-state index in [4.69, 9.17) is 30.8 Å². The minimum atomic E-state index is -0.548. The molecular weight excluding hydrogens is 544 g/mol. The van der Waals surface area contributed by atoms with Crippen molar-refractivity contribution in [2.24, 2.45) is 4.99 Å². The fourth-order valence-electron chi connectivity index (χ4n) is 5.14. The van der Waals surface area contributed by atoms with Crippen LogP contribution >= 0.6 is 11.6 Å². The van der Waals surface area contributed by atoms with Crippen LogP contribution in [0.4, 0.5) is 4.79 Å². The topological polar surface area (TPSA) is 92.7 Å². The molecule has 214 valence electrons. The van der Waals surface area contributed by atoms with Gasteiger partial charge >= 0.3 is 6.03 Å². The number of methoxy groups -OCH3 is 2. The van der Waals surface area contributed by atoms with Crippen LogP contribution in [0, 0.1) is 0 Å². The highest BCUT2D eigenvalue weighted by molar-refractivity contribution is 6.30. The predicted molar refractivity (Wildman–Crippen MR) is 157 cm³/mol. The zero-order valence-electron chi connectivity index (χ0n) is 23.5. The smallest absolute Gasteiger partial charge is 0.326 e. The van der Waals surface area contributed by atoms with Crippen LogP contribution in [0.5, 0.6) is 17.2 Å². The van der Waals surface area contributed by atoms with Crippen LogP contribution in [0.2, 0.25) is 5.02 Å². The number of amidine groups is 1. The minimum absolute atomic E-state index is 0.0446. The molecule has 2 aliphatic rings. The minimum Gasteiger partial charge on any atom is -0.497 e. The monoisotopic (exact) mass is 576 g/mol. The number of piperazine rings is 1. The van der Waals surface area contributed by atoms with Crippen LogP contribution in [0.15, 0.2) is 71.7 Å². The highest BCUT2D eigenvalue weighted by atomic mass is 35.5. The average Bonchev–Trinajstić information content (AvgIpc) is 3.37. The van der Waals surface area contributed by atoms with Gasteiger partial charge in [0.2, 0.25) is 5.91 Å². The second kappa shape index (κ2) is 12.1. The van der Waals surface area contributed by atoms with E-state index in [1.165, 1.54) is 0 Å². The number of aliphatic imine (C=N–C) groups is 1. The summed E-state index contributed by atoms with van der Waals surface area (Å²) in [6.45, 7) is 4.58. The first-order valence-corrected chi connectivity index (χ1v) is 13.8. The molecule has 2 heterocycles. The van der Waals surface area contributed by atoms with E-state index in [1.54, 1.807) is 30.1 Å². The van der Waals surface area contributed by atoms with Crippen molar-refractivity contribution in [1.82, 2.24) is 15.1 Å². The number of carbonyl (C=O) groups excluding carboxylic acids is 2. The molecule has 41 heavy (non-hydrogen) atoms. The van der Waals surface area contributed by atoms with Gasteiger partial charge in [-0.05, 0) is 61.4 Å². The summed E-state index contributed by atoms with van der Waals surface area (Å²) in [5.41, 5.74) is 2.35. The summed E-state index contributed by atoms with van der Waals surface area (Å²) in [5.74, 6) is 2.04. The molecule has 0 saturated carbocycles. The van der Waals surface area contributed by atoms with Crippen molar-refractivity contribution in [2.75, 3.05) is 33.9 Å². The van der Waals surface area contributed by atoms with Crippen molar-refractivity contribution in [3.8, 4) is 17.2 Å². The van der Waals surface area contributed by atoms with E-state index in [-0.39, 0.29) is 24.6 Å². The molecule has 10 heteroatoms. The molecule has 0 aliphatic carbocycles. The third-order valence-electron chi connectivity index (χ3n) is 7.02. The Morgan fingerprint density at radius 3 is 2.41 bits per heavy atom. The van der Waals surface area contributed by atoms with E-state index in [1.807, 2.05) is 74.5 Å². The fourth-order valence-corrected chi connectivity index (χ4v) is 5.27. The Morgan fingerprint density at radius 1 is 1.00 bits per heavy atom. The van der Waals surface area contributed by atoms with E-state index < -0.39 is 12.1 Å². The maximum Gasteiger partial charge on any atom is 0.326 e. The number of rotatable bonds is 7. The lowest BCUT2D eigenvalue weighted by Gasteiger charge is -2.36. The van der Waals surface area contributed by atoms with Crippen molar-refractivity contribution in [3.63, 3.8) is 0 Å². The number of urea groups is 1. The van der Waals surface area contributed by atoms with Crippen molar-refractivity contribution in [2.45, 2.75) is 32.0 Å². The Kier molecular flexibility index (Phi) is 8.35. The van der Waals surface area contributed by atoms with Crippen LogP contribution < -0.4 is 19.5 Å². The first-order chi connectivity index (χ1) is 19.8. The molecule has 1 fully saturated rings. The standard InChI is InChI=1S/C31H33ClN4O5/c1-19(2)41-26-17-24(40-4)12-13-25(26)30-34-28(20-8-10-22(32)11-9-20)29(21-6-5-7-23(16-21)39-3)36(30)31(38)35-15-14-33-27(37)18-35/h5-13,16-17,19,28-29H,14-15,18H2,1-4H3,(H,33,37)/t28-,29+/m0/s1. The van der Waals surface area contributed by atoms with Gasteiger partial charge in [-0.1, -0.05) is 35.9 Å². The molecular formula is C31H33ClN4O5. The molecule has 0 bridgehead atoms. The lowest BCUT2D eigenvalue weighted by atomic mass is 9.93. The third kappa shape index (κ3) is 5.95. The average molecular weight is 577 g/mol. The summed E-state index contributed by atoms with van der Waals surface area (Å²) < 4.78 is 17.2. The van der Waals surface area contributed by atoms with Crippen molar-refractivity contribution in [1.29, 1.82) is 0 Å². The van der Waals surface area contributed by atoms with E-state index >= 15 is 0 Å². The Hall–Kier alpha value is -4.24. The van der Waals surface area contributed by atoms with E-state index in [2.05, 4.69) is 5.32 Å². The Labute approximate surface area is 244 Å². The van der Waals surface area contributed by atoms with Crippen LogP contribution in [-0.2, 0) is 4.79 Å². The molecule has 3 amide bonds. The van der Waals surface area contributed by atoms with E-state index in [0.29, 0.717) is 46.8 Å². The zero-order valence-corrected chi connectivity index (χ0v) is 24.2. The first kappa shape index (κ1) is 28.3. The van der Waals surface area contributed by atoms with Crippen LogP contribution in [0.25, 0.3) is 0 Å². The van der Waals surface area contributed by atoms with Gasteiger partial charge in [0.1, 0.15) is 35.7 Å².